The van der Waals surface area contributed by atoms with Gasteiger partial charge in [0.1, 0.15) is 29.2 Å². The Kier molecular flexibility index (Phi) is 9.87. The van der Waals surface area contributed by atoms with E-state index in [1.807, 2.05) is 79.0 Å². The lowest BCUT2D eigenvalue weighted by molar-refractivity contribution is 0.189. The van der Waals surface area contributed by atoms with Gasteiger partial charge in [-0.05, 0) is 66.7 Å². The van der Waals surface area contributed by atoms with E-state index in [2.05, 4.69) is 20.9 Å². The van der Waals surface area contributed by atoms with E-state index in [9.17, 15) is 0 Å². The van der Waals surface area contributed by atoms with Crippen LogP contribution in [0, 0.1) is 0 Å². The van der Waals surface area contributed by atoms with Crippen molar-refractivity contribution in [3.05, 3.63) is 96.7 Å². The molecule has 0 fully saturated rings. The van der Waals surface area contributed by atoms with Gasteiger partial charge in [-0.1, -0.05) is 6.08 Å². The highest BCUT2D eigenvalue weighted by molar-refractivity contribution is 5.48. The van der Waals surface area contributed by atoms with Crippen LogP contribution in [0.3, 0.4) is 0 Å². The minimum absolute atomic E-state index is 0.0715. The van der Waals surface area contributed by atoms with Crippen molar-refractivity contribution in [2.75, 3.05) is 38.1 Å². The Morgan fingerprint density at radius 2 is 1.44 bits per heavy atom. The molecule has 10 nitrogen and oxygen atoms in total. The highest BCUT2D eigenvalue weighted by atomic mass is 16.5. The zero-order chi connectivity index (χ0) is 27.5. The van der Waals surface area contributed by atoms with Gasteiger partial charge in [-0.3, -0.25) is 4.98 Å². The van der Waals surface area contributed by atoms with Gasteiger partial charge in [-0.25, -0.2) is 0 Å². The van der Waals surface area contributed by atoms with Gasteiger partial charge in [0.05, 0.1) is 51.5 Å². The van der Waals surface area contributed by atoms with Gasteiger partial charge in [0.15, 0.2) is 0 Å². The number of nitrogens with one attached hydrogen (secondary N) is 3. The number of anilines is 2. The fraction of sp³-hybridized carbons (Fsp3) is 0.276. The van der Waals surface area contributed by atoms with E-state index in [1.54, 1.807) is 20.4 Å². The lowest BCUT2D eigenvalue weighted by Gasteiger charge is -2.26. The van der Waals surface area contributed by atoms with Gasteiger partial charge in [-0.15, -0.1) is 0 Å². The number of hydrogen-bond acceptors (Lipinski definition) is 10. The first-order chi connectivity index (χ1) is 19.0. The lowest BCUT2D eigenvalue weighted by atomic mass is 10.1. The average molecular weight is 533 g/mol. The number of nitrogens with two attached hydrogens (primary N) is 2. The predicted molar refractivity (Wildman–Crippen MR) is 153 cm³/mol. The minimum atomic E-state index is -0.446. The zero-order valence-corrected chi connectivity index (χ0v) is 22.2. The summed E-state index contributed by atoms with van der Waals surface area (Å²) in [5.41, 5.74) is 15.0. The number of rotatable bonds is 14. The van der Waals surface area contributed by atoms with Gasteiger partial charge in [-0.2, -0.15) is 0 Å². The van der Waals surface area contributed by atoms with E-state index in [0.29, 0.717) is 31.1 Å². The molecule has 1 aliphatic heterocycles. The molecule has 3 atom stereocenters. The van der Waals surface area contributed by atoms with E-state index < -0.39 is 6.17 Å². The number of pyridine rings is 1. The molecule has 3 aromatic rings. The average Bonchev–Trinajstić information content (AvgIpc) is 2.98. The standard InChI is InChI=1S/C29H36N6O4/c1-36-22-8-4-20(5-9-22)34-28(30)26-14-12-24(18-32-26)38-16-3-17-39-25-13-15-27(33-19-25)29(31)35-21-6-10-23(37-2)11-7-21/h4-15,18-19,26,28-29,32,34-35H,3,16-17,30-31H2,1-2H3. The number of dihydropyridines is 1. The summed E-state index contributed by atoms with van der Waals surface area (Å²) in [6.07, 6.45) is 7.36. The SMILES string of the molecule is COc1ccc(NC(N)c2ccc(OCCCOC3=CNC(C(N)Nc4ccc(OC)cc4)C=C3)cn2)cc1. The maximum atomic E-state index is 6.30. The molecule has 0 saturated heterocycles. The van der Waals surface area contributed by atoms with Crippen molar-refractivity contribution in [1.82, 2.24) is 10.3 Å². The van der Waals surface area contributed by atoms with Crippen LogP contribution >= 0.6 is 0 Å². The molecule has 7 N–H and O–H groups in total. The second-order valence-electron chi connectivity index (χ2n) is 8.82. The van der Waals surface area contributed by atoms with Crippen molar-refractivity contribution >= 4 is 11.4 Å². The summed E-state index contributed by atoms with van der Waals surface area (Å²) < 4.78 is 22.0. The Labute approximate surface area is 229 Å². The third-order valence-electron chi connectivity index (χ3n) is 6.01. The minimum Gasteiger partial charge on any atom is -0.497 e. The van der Waals surface area contributed by atoms with E-state index in [1.165, 1.54) is 0 Å². The second kappa shape index (κ2) is 13.9. The molecule has 2 aromatic carbocycles. The molecule has 0 bridgehead atoms. The molecule has 10 heteroatoms. The van der Waals surface area contributed by atoms with Crippen LogP contribution in [-0.4, -0.2) is 44.6 Å². The molecule has 3 unspecified atom stereocenters. The Morgan fingerprint density at radius 3 is 2.00 bits per heavy atom. The predicted octanol–water partition coefficient (Wildman–Crippen LogP) is 3.72. The Bertz CT molecular complexity index is 1220. The van der Waals surface area contributed by atoms with Gasteiger partial charge in [0, 0.05) is 24.0 Å². The second-order valence-corrected chi connectivity index (χ2v) is 8.82. The van der Waals surface area contributed by atoms with Gasteiger partial charge < -0.3 is 46.4 Å². The molecule has 0 amide bonds. The quantitative estimate of drug-likeness (QED) is 0.154. The Balaban J connectivity index is 1.12. The number of methoxy groups -OCH3 is 2. The van der Waals surface area contributed by atoms with Crippen molar-refractivity contribution < 1.29 is 18.9 Å². The summed E-state index contributed by atoms with van der Waals surface area (Å²) in [7, 11) is 3.27. The first-order valence-electron chi connectivity index (χ1n) is 12.7. The highest BCUT2D eigenvalue weighted by Gasteiger charge is 2.16. The van der Waals surface area contributed by atoms with Gasteiger partial charge in [0.25, 0.3) is 0 Å². The van der Waals surface area contributed by atoms with E-state index in [0.717, 1.165) is 28.6 Å². The van der Waals surface area contributed by atoms with Crippen LogP contribution in [0.2, 0.25) is 0 Å². The number of allylic oxidation sites excluding steroid dienone is 1. The number of benzene rings is 2. The van der Waals surface area contributed by atoms with Crippen LogP contribution in [0.1, 0.15) is 18.3 Å². The number of ether oxygens (including phenoxy) is 4. The summed E-state index contributed by atoms with van der Waals surface area (Å²) in [5, 5.41) is 9.76. The van der Waals surface area contributed by atoms with Crippen LogP contribution in [0.5, 0.6) is 17.2 Å². The molecule has 0 aliphatic carbocycles. The van der Waals surface area contributed by atoms with E-state index in [4.69, 9.17) is 30.4 Å². The smallest absolute Gasteiger partial charge is 0.137 e. The molecule has 2 heterocycles. The summed E-state index contributed by atoms with van der Waals surface area (Å²) in [6, 6.07) is 18.8. The molecule has 0 radical (unpaired) electrons. The number of nitrogens with zero attached hydrogens (tertiary/aromatic N) is 1. The number of hydrogen-bond donors (Lipinski definition) is 5. The highest BCUT2D eigenvalue weighted by Crippen LogP contribution is 2.20. The summed E-state index contributed by atoms with van der Waals surface area (Å²) in [4.78, 5) is 4.42. The molecule has 4 rings (SSSR count). The van der Waals surface area contributed by atoms with E-state index in [-0.39, 0.29) is 12.2 Å². The monoisotopic (exact) mass is 532 g/mol. The van der Waals surface area contributed by atoms with Crippen LogP contribution in [0.15, 0.2) is 91.0 Å². The van der Waals surface area contributed by atoms with Crippen LogP contribution in [-0.2, 0) is 4.74 Å². The van der Waals surface area contributed by atoms with Crippen molar-refractivity contribution in [2.24, 2.45) is 11.5 Å². The Hall–Kier alpha value is -4.41. The molecule has 1 aromatic heterocycles. The van der Waals surface area contributed by atoms with Gasteiger partial charge in [0.2, 0.25) is 0 Å². The van der Waals surface area contributed by atoms with Crippen LogP contribution in [0.4, 0.5) is 11.4 Å². The Morgan fingerprint density at radius 1 is 0.821 bits per heavy atom. The fourth-order valence-electron chi connectivity index (χ4n) is 3.80. The van der Waals surface area contributed by atoms with Crippen molar-refractivity contribution in [3.63, 3.8) is 0 Å². The third kappa shape index (κ3) is 8.29. The van der Waals surface area contributed by atoms with E-state index >= 15 is 0 Å². The molecule has 39 heavy (non-hydrogen) atoms. The molecular weight excluding hydrogens is 496 g/mol. The summed E-state index contributed by atoms with van der Waals surface area (Å²) in [5.74, 6) is 3.01. The first-order valence-corrected chi connectivity index (χ1v) is 12.7. The topological polar surface area (TPSA) is 138 Å². The molecular formula is C29H36N6O4. The molecule has 1 aliphatic rings. The normalized spacial score (nSPS) is 15.8. The van der Waals surface area contributed by atoms with Crippen LogP contribution < -0.4 is 41.6 Å². The maximum absolute atomic E-state index is 6.30. The largest absolute Gasteiger partial charge is 0.497 e. The van der Waals surface area contributed by atoms with Crippen molar-refractivity contribution in [1.29, 1.82) is 0 Å². The lowest BCUT2D eigenvalue weighted by Crippen LogP contribution is -2.47. The fourth-order valence-corrected chi connectivity index (χ4v) is 3.80. The zero-order valence-electron chi connectivity index (χ0n) is 22.2. The molecule has 206 valence electrons. The van der Waals surface area contributed by atoms with Gasteiger partial charge >= 0.3 is 0 Å². The third-order valence-corrected chi connectivity index (χ3v) is 6.01. The van der Waals surface area contributed by atoms with Crippen LogP contribution in [0.25, 0.3) is 0 Å². The first kappa shape index (κ1) is 27.6. The maximum Gasteiger partial charge on any atom is 0.137 e. The summed E-state index contributed by atoms with van der Waals surface area (Å²) >= 11 is 0. The molecule has 0 spiro atoms. The molecule has 0 saturated carbocycles. The number of aromatic nitrogens is 1. The summed E-state index contributed by atoms with van der Waals surface area (Å²) in [6.45, 7) is 1.02. The van der Waals surface area contributed by atoms with Crippen molar-refractivity contribution in [3.8, 4) is 17.2 Å². The van der Waals surface area contributed by atoms with Crippen molar-refractivity contribution in [2.45, 2.75) is 24.8 Å².